The molecule has 0 heterocycles. The molecule has 5 heteroatoms. The van der Waals surface area contributed by atoms with Crippen LogP contribution in [0.2, 0.25) is 0 Å². The van der Waals surface area contributed by atoms with Gasteiger partial charge in [-0.3, -0.25) is 4.79 Å². The zero-order valence-corrected chi connectivity index (χ0v) is 8.79. The summed E-state index contributed by atoms with van der Waals surface area (Å²) < 4.78 is 0. The maximum atomic E-state index is 9.29. The first-order valence-corrected chi connectivity index (χ1v) is 1.73. The van der Waals surface area contributed by atoms with E-state index < -0.39 is 5.97 Å². The van der Waals surface area contributed by atoms with E-state index >= 15 is 0 Å². The van der Waals surface area contributed by atoms with Gasteiger partial charge >= 0.3 is 5.97 Å². The zero-order chi connectivity index (χ0) is 4.28. The third-order valence-corrected chi connectivity index (χ3v) is 0.406. The summed E-state index contributed by atoms with van der Waals surface area (Å²) in [7, 11) is 0. The van der Waals surface area contributed by atoms with E-state index in [1.165, 1.54) is 0 Å². The largest absolute Gasteiger partial charge is 0.481 e. The molecule has 0 fully saturated rings. The van der Waals surface area contributed by atoms with Crippen molar-refractivity contribution < 1.29 is 32.3 Å². The normalized spacial score (nSPS) is 5.29. The fraction of sp³-hybridized carbons (Fsp3) is 0.500. The Kier molecular flexibility index (Phi) is 24.4. The van der Waals surface area contributed by atoms with Crippen molar-refractivity contribution in [2.45, 2.75) is 0 Å². The van der Waals surface area contributed by atoms with Crippen molar-refractivity contribution >= 4 is 56.3 Å². The van der Waals surface area contributed by atoms with Crippen LogP contribution in [0.5, 0.6) is 0 Å². The van der Waals surface area contributed by atoms with Crippen LogP contribution in [0.3, 0.4) is 0 Å². The van der Waals surface area contributed by atoms with Crippen molar-refractivity contribution in [3.63, 3.8) is 0 Å². The predicted octanol–water partition coefficient (Wildman–Crippen LogP) is -0.383. The summed E-state index contributed by atoms with van der Waals surface area (Å²) in [5, 5.41) is 7.65. The van der Waals surface area contributed by atoms with Crippen LogP contribution < -0.4 is 0 Å². The van der Waals surface area contributed by atoms with E-state index in [0.29, 0.717) is 0 Å². The van der Waals surface area contributed by atoms with E-state index in [9.17, 15) is 4.79 Å². The van der Waals surface area contributed by atoms with E-state index in [-0.39, 0.29) is 65.9 Å². The van der Waals surface area contributed by atoms with Crippen LogP contribution in [-0.4, -0.2) is 54.6 Å². The Morgan fingerprint density at radius 2 is 1.86 bits per heavy atom. The van der Waals surface area contributed by atoms with Crippen LogP contribution in [0.4, 0.5) is 0 Å². The molecule has 2 nitrogen and oxygen atoms in total. The third-order valence-electron chi connectivity index (χ3n) is 0.135. The molecule has 0 aromatic rings. The smallest absolute Gasteiger partial charge is 0.313 e. The second-order valence-corrected chi connectivity index (χ2v) is 0.868. The number of carboxylic acid groups (broad SMARTS) is 1. The number of thiol groups is 1. The van der Waals surface area contributed by atoms with Crippen LogP contribution in [0, 0.1) is 0 Å². The molecule has 7 heavy (non-hydrogen) atoms. The molecule has 1 N–H and O–H groups in total. The molecule has 0 rings (SSSR count). The van der Waals surface area contributed by atoms with Gasteiger partial charge in [-0.25, -0.2) is 0 Å². The van der Waals surface area contributed by atoms with Gasteiger partial charge in [0.15, 0.2) is 0 Å². The summed E-state index contributed by atoms with van der Waals surface area (Å²) >= 11 is 3.42. The maximum absolute atomic E-state index is 9.29. The zero-order valence-electron chi connectivity index (χ0n) is 3.52. The van der Waals surface area contributed by atoms with Crippen LogP contribution in [0.15, 0.2) is 0 Å². The quantitative estimate of drug-likeness (QED) is 0.508. The molecule has 0 aliphatic carbocycles. The molecule has 0 spiro atoms. The predicted molar refractivity (Wildman–Crippen MR) is 27.2 cm³/mol. The van der Waals surface area contributed by atoms with Crippen molar-refractivity contribution in [1.82, 2.24) is 0 Å². The molecule has 0 bridgehead atoms. The Labute approximate surface area is 93.0 Å². The van der Waals surface area contributed by atoms with Crippen LogP contribution >= 0.6 is 12.6 Å². The molecule has 0 aliphatic rings. The molecule has 3 radical (unpaired) electrons. The summed E-state index contributed by atoms with van der Waals surface area (Å²) in [5.74, 6) is -0.965. The Morgan fingerprint density at radius 3 is 1.86 bits per heavy atom. The van der Waals surface area contributed by atoms with Gasteiger partial charge in [-0.1, -0.05) is 0 Å². The van der Waals surface area contributed by atoms with Gasteiger partial charge in [0.05, 0.1) is 5.75 Å². The van der Waals surface area contributed by atoms with E-state index in [0.717, 1.165) is 0 Å². The average molecular weight is 329 g/mol. The molecule has 0 aromatic carbocycles. The van der Waals surface area contributed by atoms with Gasteiger partial charge < -0.3 is 5.11 Å². The molecule has 0 aliphatic heterocycles. The first kappa shape index (κ1) is 15.9. The minimum atomic E-state index is -0.881. The summed E-state index contributed by atoms with van der Waals surface area (Å²) in [6.07, 6.45) is 0. The number of aliphatic carboxylic acids is 1. The van der Waals surface area contributed by atoms with Crippen molar-refractivity contribution in [2.24, 2.45) is 0 Å². The van der Waals surface area contributed by atoms with E-state index in [4.69, 9.17) is 5.11 Å². The van der Waals surface area contributed by atoms with Crippen molar-refractivity contribution in [2.75, 3.05) is 5.75 Å². The molecule has 0 atom stereocenters. The molecule has 43 valence electrons. The number of rotatable bonds is 1. The fourth-order valence-electron chi connectivity index (χ4n) is 0. The van der Waals surface area contributed by atoms with Crippen molar-refractivity contribution in [3.05, 3.63) is 0 Å². The third kappa shape index (κ3) is 18.2. The second-order valence-electron chi connectivity index (χ2n) is 0.552. The van der Waals surface area contributed by atoms with Gasteiger partial charge in [0.25, 0.3) is 0 Å². The first-order chi connectivity index (χ1) is 2.27. The minimum Gasteiger partial charge on any atom is -0.481 e. The number of hydrogen-bond donors (Lipinski definition) is 2. The van der Waals surface area contributed by atoms with Gasteiger partial charge in [0.1, 0.15) is 0 Å². The molecule has 0 aromatic heterocycles. The van der Waals surface area contributed by atoms with Crippen molar-refractivity contribution in [1.29, 1.82) is 0 Å². The van der Waals surface area contributed by atoms with Crippen LogP contribution in [-0.2, 0) is 27.2 Å². The standard InChI is InChI=1S/C2H4O2S.Au.Ca/c3-2(4)1-5;;/h5H,1H2,(H,3,4);;. The van der Waals surface area contributed by atoms with Gasteiger partial charge in [-0.2, -0.15) is 12.6 Å². The van der Waals surface area contributed by atoms with Gasteiger partial charge in [-0.05, 0) is 0 Å². The summed E-state index contributed by atoms with van der Waals surface area (Å²) in [6.45, 7) is 0. The molecule has 0 saturated carbocycles. The van der Waals surface area contributed by atoms with Gasteiger partial charge in [0.2, 0.25) is 0 Å². The number of carbonyl (C=O) groups is 1. The fourth-order valence-corrected chi connectivity index (χ4v) is 0. The molecule has 0 unspecified atom stereocenters. The van der Waals surface area contributed by atoms with Crippen molar-refractivity contribution in [3.8, 4) is 0 Å². The SMILES string of the molecule is O=C(O)CS.[Au].[Ca]. The van der Waals surface area contributed by atoms with E-state index in [2.05, 4.69) is 12.6 Å². The summed E-state index contributed by atoms with van der Waals surface area (Å²) in [4.78, 5) is 9.29. The van der Waals surface area contributed by atoms with Gasteiger partial charge in [0, 0.05) is 60.1 Å². The Balaban J connectivity index is -0.0000000800. The second kappa shape index (κ2) is 10.7. The summed E-state index contributed by atoms with van der Waals surface area (Å²) in [6, 6.07) is 0. The number of hydrogen-bond acceptors (Lipinski definition) is 2. The monoisotopic (exact) mass is 329 g/mol. The Morgan fingerprint density at radius 1 is 1.71 bits per heavy atom. The van der Waals surface area contributed by atoms with Gasteiger partial charge in [-0.15, -0.1) is 0 Å². The van der Waals surface area contributed by atoms with E-state index in [1.54, 1.807) is 0 Å². The number of carboxylic acids is 1. The summed E-state index contributed by atoms with van der Waals surface area (Å²) in [5.41, 5.74) is 0. The maximum Gasteiger partial charge on any atom is 0.313 e. The first-order valence-electron chi connectivity index (χ1n) is 1.10. The topological polar surface area (TPSA) is 37.3 Å². The molecular formula is C2H4AuCaO2S. The molecule has 0 amide bonds. The molecule has 0 saturated heterocycles. The Bertz CT molecular complexity index is 51.0. The van der Waals surface area contributed by atoms with Crippen LogP contribution in [0.1, 0.15) is 0 Å². The minimum absolute atomic E-state index is 0. The van der Waals surface area contributed by atoms with Crippen LogP contribution in [0.25, 0.3) is 0 Å². The van der Waals surface area contributed by atoms with E-state index in [1.807, 2.05) is 0 Å². The molecular weight excluding hydrogens is 325 g/mol. The Hall–Kier alpha value is 1.82. The average Bonchev–Trinajstić information content (AvgIpc) is 1.38.